The first-order chi connectivity index (χ1) is 17.7. The van der Waals surface area contributed by atoms with Crippen molar-refractivity contribution in [1.82, 2.24) is 4.90 Å². The van der Waals surface area contributed by atoms with E-state index in [9.17, 15) is 22.8 Å². The molecule has 0 saturated carbocycles. The van der Waals surface area contributed by atoms with Gasteiger partial charge in [0.25, 0.3) is 11.8 Å². The number of rotatable bonds is 6. The molecule has 9 heteroatoms. The van der Waals surface area contributed by atoms with Crippen molar-refractivity contribution in [3.8, 4) is 0 Å². The van der Waals surface area contributed by atoms with Crippen LogP contribution in [-0.2, 0) is 21.4 Å². The van der Waals surface area contributed by atoms with Crippen LogP contribution in [0.25, 0.3) is 6.08 Å². The highest BCUT2D eigenvalue weighted by molar-refractivity contribution is 9.09. The molecule has 2 aliphatic rings. The molecule has 37 heavy (non-hydrogen) atoms. The lowest BCUT2D eigenvalue weighted by molar-refractivity contribution is -0.139. The number of alkyl halides is 4. The highest BCUT2D eigenvalue weighted by Crippen LogP contribution is 2.45. The van der Waals surface area contributed by atoms with Crippen molar-refractivity contribution in [2.45, 2.75) is 12.0 Å². The van der Waals surface area contributed by atoms with Gasteiger partial charge in [0, 0.05) is 16.5 Å². The Bertz CT molecular complexity index is 1400. The largest absolute Gasteiger partial charge is 0.449 e. The van der Waals surface area contributed by atoms with Gasteiger partial charge in [-0.2, -0.15) is 13.2 Å². The predicted molar refractivity (Wildman–Crippen MR) is 133 cm³/mol. The summed E-state index contributed by atoms with van der Waals surface area (Å²) >= 11 is 3.43. The number of fused-ring (bicyclic) bond motifs is 1. The second-order valence-corrected chi connectivity index (χ2v) is 9.02. The highest BCUT2D eigenvalue weighted by Gasteiger charge is 2.47. The molecule has 0 saturated heterocycles. The molecule has 1 atom stereocenters. The molecular formula is C28H19BrF3NO4. The molecule has 2 heterocycles. The van der Waals surface area contributed by atoms with Gasteiger partial charge < -0.3 is 9.47 Å². The van der Waals surface area contributed by atoms with Gasteiger partial charge in [-0.1, -0.05) is 70.5 Å². The SMILES string of the molecule is O=C1c2ccccc2C(=O)N1CC1=COC(/C(=C/c2ccccc2)CBr)(c2cccc(C(F)(F)F)c2)O1. The van der Waals surface area contributed by atoms with Crippen LogP contribution in [0.1, 0.15) is 37.4 Å². The smallest absolute Gasteiger partial charge is 0.416 e. The summed E-state index contributed by atoms with van der Waals surface area (Å²) in [7, 11) is 0. The Balaban J connectivity index is 1.52. The van der Waals surface area contributed by atoms with Crippen LogP contribution in [0.5, 0.6) is 0 Å². The molecule has 0 radical (unpaired) electrons. The van der Waals surface area contributed by atoms with Crippen molar-refractivity contribution in [3.63, 3.8) is 0 Å². The van der Waals surface area contributed by atoms with E-state index in [1.807, 2.05) is 30.3 Å². The van der Waals surface area contributed by atoms with Gasteiger partial charge in [0.2, 0.25) is 0 Å². The molecule has 1 unspecified atom stereocenters. The van der Waals surface area contributed by atoms with Gasteiger partial charge in [0.15, 0.2) is 5.76 Å². The first kappa shape index (κ1) is 24.8. The minimum absolute atomic E-state index is 0.109. The fraction of sp³-hybridized carbons (Fsp3) is 0.143. The lowest BCUT2D eigenvalue weighted by atomic mass is 9.94. The number of imide groups is 1. The van der Waals surface area contributed by atoms with E-state index in [2.05, 4.69) is 15.9 Å². The number of hydrogen-bond acceptors (Lipinski definition) is 4. The number of carbonyl (C=O) groups excluding carboxylic acids is 2. The monoisotopic (exact) mass is 569 g/mol. The molecule has 188 valence electrons. The van der Waals surface area contributed by atoms with Crippen LogP contribution in [0.2, 0.25) is 0 Å². The maximum absolute atomic E-state index is 13.6. The quantitative estimate of drug-likeness (QED) is 0.250. The van der Waals surface area contributed by atoms with E-state index in [1.54, 1.807) is 30.3 Å². The van der Waals surface area contributed by atoms with Gasteiger partial charge >= 0.3 is 12.0 Å². The summed E-state index contributed by atoms with van der Waals surface area (Å²) in [4.78, 5) is 26.7. The van der Waals surface area contributed by atoms with Gasteiger partial charge in [-0.3, -0.25) is 14.5 Å². The number of carbonyl (C=O) groups is 2. The molecule has 2 amide bonds. The zero-order valence-electron chi connectivity index (χ0n) is 19.2. The number of hydrogen-bond donors (Lipinski definition) is 0. The Labute approximate surface area is 218 Å². The summed E-state index contributed by atoms with van der Waals surface area (Å²) in [6.07, 6.45) is -1.58. The molecule has 0 N–H and O–H groups in total. The van der Waals surface area contributed by atoms with E-state index in [4.69, 9.17) is 9.47 Å². The number of benzene rings is 3. The molecule has 5 nitrogen and oxygen atoms in total. The zero-order chi connectivity index (χ0) is 26.2. The summed E-state index contributed by atoms with van der Waals surface area (Å²) in [5, 5.41) is 0.201. The summed E-state index contributed by atoms with van der Waals surface area (Å²) in [5.74, 6) is -2.61. The molecule has 5 rings (SSSR count). The van der Waals surface area contributed by atoms with Crippen LogP contribution in [-0.4, -0.2) is 28.6 Å². The van der Waals surface area contributed by atoms with Crippen LogP contribution in [0.3, 0.4) is 0 Å². The number of ether oxygens (including phenoxy) is 2. The Hall–Kier alpha value is -3.85. The first-order valence-corrected chi connectivity index (χ1v) is 12.4. The fourth-order valence-electron chi connectivity index (χ4n) is 4.32. The van der Waals surface area contributed by atoms with Crippen molar-refractivity contribution in [1.29, 1.82) is 0 Å². The molecule has 3 aromatic rings. The molecular weight excluding hydrogens is 551 g/mol. The molecule has 2 aliphatic heterocycles. The first-order valence-electron chi connectivity index (χ1n) is 11.2. The van der Waals surface area contributed by atoms with E-state index in [1.165, 1.54) is 18.4 Å². The maximum Gasteiger partial charge on any atom is 0.416 e. The molecule has 0 spiro atoms. The van der Waals surface area contributed by atoms with Crippen molar-refractivity contribution in [2.24, 2.45) is 0 Å². The predicted octanol–water partition coefficient (Wildman–Crippen LogP) is 6.52. The summed E-state index contributed by atoms with van der Waals surface area (Å²) in [6.45, 7) is -0.242. The Kier molecular flexibility index (Phi) is 6.41. The summed E-state index contributed by atoms with van der Waals surface area (Å²) in [6, 6.07) is 20.3. The van der Waals surface area contributed by atoms with Crippen LogP contribution >= 0.6 is 15.9 Å². The third kappa shape index (κ3) is 4.55. The van der Waals surface area contributed by atoms with E-state index >= 15 is 0 Å². The van der Waals surface area contributed by atoms with E-state index in [0.29, 0.717) is 5.57 Å². The number of halogens is 4. The molecule has 3 aromatic carbocycles. The third-order valence-electron chi connectivity index (χ3n) is 6.10. The van der Waals surface area contributed by atoms with Gasteiger partial charge in [0.1, 0.15) is 6.26 Å². The maximum atomic E-state index is 13.6. The van der Waals surface area contributed by atoms with Gasteiger partial charge in [-0.15, -0.1) is 0 Å². The van der Waals surface area contributed by atoms with Crippen molar-refractivity contribution in [2.75, 3.05) is 11.9 Å². The van der Waals surface area contributed by atoms with Crippen molar-refractivity contribution in [3.05, 3.63) is 124 Å². The van der Waals surface area contributed by atoms with E-state index in [0.717, 1.165) is 22.6 Å². The van der Waals surface area contributed by atoms with Crippen molar-refractivity contribution < 1.29 is 32.2 Å². The van der Waals surface area contributed by atoms with Gasteiger partial charge in [-0.05, 0) is 35.9 Å². The van der Waals surface area contributed by atoms with Gasteiger partial charge in [-0.25, -0.2) is 0 Å². The second kappa shape index (κ2) is 9.55. The average molecular weight is 570 g/mol. The lowest BCUT2D eigenvalue weighted by Gasteiger charge is -2.32. The summed E-state index contributed by atoms with van der Waals surface area (Å²) in [5.41, 5.74) is 1.06. The van der Waals surface area contributed by atoms with Crippen LogP contribution in [0.4, 0.5) is 13.2 Å². The zero-order valence-corrected chi connectivity index (χ0v) is 20.8. The van der Waals surface area contributed by atoms with Crippen LogP contribution in [0, 0.1) is 0 Å². The standard InChI is InChI=1S/C28H19BrF3NO4/c29-15-21(13-18-7-2-1-3-8-18)27(19-9-6-10-20(14-19)28(30,31)32)36-17-22(37-27)16-33-25(34)23-11-4-5-12-24(23)26(33)35/h1-14,17H,15-16H2/b21-13+. The summed E-state index contributed by atoms with van der Waals surface area (Å²) < 4.78 is 52.9. The molecule has 0 bridgehead atoms. The van der Waals surface area contributed by atoms with Crippen LogP contribution in [0.15, 0.2) is 96.5 Å². The topological polar surface area (TPSA) is 55.8 Å². The van der Waals surface area contributed by atoms with Crippen molar-refractivity contribution >= 4 is 33.8 Å². The second-order valence-electron chi connectivity index (χ2n) is 8.46. The third-order valence-corrected chi connectivity index (χ3v) is 6.70. The highest BCUT2D eigenvalue weighted by atomic mass is 79.9. The Morgan fingerprint density at radius 2 is 1.57 bits per heavy atom. The van der Waals surface area contributed by atoms with Crippen LogP contribution < -0.4 is 0 Å². The Morgan fingerprint density at radius 3 is 2.19 bits per heavy atom. The number of nitrogens with zero attached hydrogens (tertiary/aromatic N) is 1. The molecule has 0 aliphatic carbocycles. The van der Waals surface area contributed by atoms with Gasteiger partial charge in [0.05, 0.1) is 23.2 Å². The Morgan fingerprint density at radius 1 is 0.919 bits per heavy atom. The molecule has 0 fully saturated rings. The minimum Gasteiger partial charge on any atom is -0.449 e. The lowest BCUT2D eigenvalue weighted by Crippen LogP contribution is -2.35. The normalized spacial score (nSPS) is 19.4. The average Bonchev–Trinajstić information content (AvgIpc) is 3.44. The fourth-order valence-corrected chi connectivity index (χ4v) is 4.85. The minimum atomic E-state index is -4.58. The van der Waals surface area contributed by atoms with E-state index < -0.39 is 29.3 Å². The van der Waals surface area contributed by atoms with E-state index in [-0.39, 0.29) is 34.3 Å². The molecule has 0 aromatic heterocycles. The number of amides is 2.